The number of rotatable bonds is 5. The van der Waals surface area contributed by atoms with E-state index in [0.717, 1.165) is 12.1 Å². The fourth-order valence-electron chi connectivity index (χ4n) is 1.16. The molecule has 1 rings (SSSR count). The summed E-state index contributed by atoms with van der Waals surface area (Å²) in [5.74, 6) is -0.440. The van der Waals surface area contributed by atoms with E-state index >= 15 is 0 Å². The van der Waals surface area contributed by atoms with Gasteiger partial charge in [-0.05, 0) is 17.7 Å². The lowest BCUT2D eigenvalue weighted by atomic mass is 10.1. The Morgan fingerprint density at radius 1 is 1.33 bits per heavy atom. The molecule has 0 aliphatic heterocycles. The second kappa shape index (κ2) is 6.10. The summed E-state index contributed by atoms with van der Waals surface area (Å²) in [6, 6.07) is 3.81. The molecule has 7 heteroatoms. The molecular weight excluding hydrogens is 267 g/mol. The number of carbonyl (C=O) groups is 1. The summed E-state index contributed by atoms with van der Waals surface area (Å²) in [5, 5.41) is 8.54. The molecule has 18 heavy (non-hydrogen) atoms. The van der Waals surface area contributed by atoms with Crippen molar-refractivity contribution in [3.8, 4) is 0 Å². The van der Waals surface area contributed by atoms with Crippen LogP contribution in [0, 0.1) is 0 Å². The highest BCUT2D eigenvalue weighted by Gasteiger charge is 2.29. The molecule has 0 amide bonds. The third-order valence-corrected chi connectivity index (χ3v) is 3.30. The maximum Gasteiger partial charge on any atom is 0.416 e. The fourth-order valence-corrected chi connectivity index (χ4v) is 2.11. The van der Waals surface area contributed by atoms with Crippen molar-refractivity contribution >= 4 is 17.7 Å². The maximum atomic E-state index is 12.3. The molecule has 3 nitrogen and oxygen atoms in total. The van der Waals surface area contributed by atoms with Crippen LogP contribution in [-0.2, 0) is 16.7 Å². The van der Waals surface area contributed by atoms with E-state index in [4.69, 9.17) is 10.8 Å². The predicted molar refractivity (Wildman–Crippen MR) is 63.2 cm³/mol. The van der Waals surface area contributed by atoms with E-state index in [1.807, 2.05) is 0 Å². The van der Waals surface area contributed by atoms with Gasteiger partial charge in [0.15, 0.2) is 0 Å². The maximum absolute atomic E-state index is 12.3. The van der Waals surface area contributed by atoms with Gasteiger partial charge in [0.2, 0.25) is 0 Å². The first kappa shape index (κ1) is 14.8. The summed E-state index contributed by atoms with van der Waals surface area (Å²) in [7, 11) is 0. The van der Waals surface area contributed by atoms with Crippen LogP contribution in [0.25, 0.3) is 0 Å². The average Bonchev–Trinajstić information content (AvgIpc) is 2.28. The number of carboxylic acid groups (broad SMARTS) is 1. The zero-order valence-electron chi connectivity index (χ0n) is 9.28. The SMILES string of the molecule is N[C@@H](CSCc1ccc(C(F)(F)F)cc1)C(=O)O. The summed E-state index contributed by atoms with van der Waals surface area (Å²) < 4.78 is 36.8. The standard InChI is InChI=1S/C11H12F3NO2S/c12-11(13,14)8-3-1-7(2-4-8)5-18-6-9(15)10(16)17/h1-4,9H,5-6,15H2,(H,16,17)/t9-/m0/s1. The van der Waals surface area contributed by atoms with Gasteiger partial charge in [0.25, 0.3) is 0 Å². The predicted octanol–water partition coefficient (Wildman–Crippen LogP) is 2.35. The molecule has 0 aliphatic carbocycles. The van der Waals surface area contributed by atoms with Crippen molar-refractivity contribution in [2.75, 3.05) is 5.75 Å². The number of carboxylic acids is 1. The van der Waals surface area contributed by atoms with Gasteiger partial charge < -0.3 is 10.8 Å². The minimum absolute atomic E-state index is 0.219. The molecule has 100 valence electrons. The van der Waals surface area contributed by atoms with Gasteiger partial charge in [-0.15, -0.1) is 0 Å². The Balaban J connectivity index is 2.47. The topological polar surface area (TPSA) is 63.3 Å². The van der Waals surface area contributed by atoms with Crippen LogP contribution in [0.3, 0.4) is 0 Å². The first-order chi connectivity index (χ1) is 8.30. The van der Waals surface area contributed by atoms with Crippen LogP contribution in [0.15, 0.2) is 24.3 Å². The van der Waals surface area contributed by atoms with Gasteiger partial charge >= 0.3 is 12.1 Å². The molecule has 0 saturated heterocycles. The quantitative estimate of drug-likeness (QED) is 0.868. The zero-order chi connectivity index (χ0) is 13.8. The molecule has 1 atom stereocenters. The van der Waals surface area contributed by atoms with Crippen LogP contribution in [0.5, 0.6) is 0 Å². The number of aliphatic carboxylic acids is 1. The van der Waals surface area contributed by atoms with Crippen LogP contribution in [-0.4, -0.2) is 22.9 Å². The lowest BCUT2D eigenvalue weighted by Gasteiger charge is -2.08. The Morgan fingerprint density at radius 3 is 2.33 bits per heavy atom. The van der Waals surface area contributed by atoms with Crippen molar-refractivity contribution in [3.63, 3.8) is 0 Å². The Hall–Kier alpha value is -1.21. The molecular formula is C11H12F3NO2S. The third kappa shape index (κ3) is 4.58. The molecule has 0 aliphatic rings. The first-order valence-electron chi connectivity index (χ1n) is 5.03. The van der Waals surface area contributed by atoms with Crippen molar-refractivity contribution < 1.29 is 23.1 Å². The normalized spacial score (nSPS) is 13.3. The summed E-state index contributed by atoms with van der Waals surface area (Å²) in [6.07, 6.45) is -4.34. The Morgan fingerprint density at radius 2 is 1.89 bits per heavy atom. The first-order valence-corrected chi connectivity index (χ1v) is 6.18. The molecule has 3 N–H and O–H groups in total. The molecule has 0 radical (unpaired) electrons. The van der Waals surface area contributed by atoms with Gasteiger partial charge in [-0.1, -0.05) is 12.1 Å². The summed E-state index contributed by atoms with van der Waals surface area (Å²) in [6.45, 7) is 0. The van der Waals surface area contributed by atoms with Gasteiger partial charge in [-0.25, -0.2) is 0 Å². The van der Waals surface area contributed by atoms with Crippen molar-refractivity contribution in [3.05, 3.63) is 35.4 Å². The number of hydrogen-bond donors (Lipinski definition) is 2. The minimum atomic E-state index is -4.34. The molecule has 0 spiro atoms. The van der Waals surface area contributed by atoms with E-state index in [2.05, 4.69) is 0 Å². The summed E-state index contributed by atoms with van der Waals surface area (Å²) in [5.41, 5.74) is 5.30. The Labute approximate surface area is 106 Å². The lowest BCUT2D eigenvalue weighted by Crippen LogP contribution is -2.32. The number of thioether (sulfide) groups is 1. The fraction of sp³-hybridized carbons (Fsp3) is 0.364. The number of halogens is 3. The van der Waals surface area contributed by atoms with Gasteiger partial charge in [0, 0.05) is 11.5 Å². The zero-order valence-corrected chi connectivity index (χ0v) is 10.1. The van der Waals surface area contributed by atoms with Crippen molar-refractivity contribution in [1.82, 2.24) is 0 Å². The van der Waals surface area contributed by atoms with Crippen LogP contribution >= 0.6 is 11.8 Å². The summed E-state index contributed by atoms with van der Waals surface area (Å²) in [4.78, 5) is 10.4. The van der Waals surface area contributed by atoms with Crippen LogP contribution in [0.2, 0.25) is 0 Å². The summed E-state index contributed by atoms with van der Waals surface area (Å²) >= 11 is 1.27. The monoisotopic (exact) mass is 279 g/mol. The third-order valence-electron chi connectivity index (χ3n) is 2.16. The van der Waals surface area contributed by atoms with E-state index in [1.165, 1.54) is 23.9 Å². The van der Waals surface area contributed by atoms with E-state index in [1.54, 1.807) is 0 Å². The highest BCUT2D eigenvalue weighted by Crippen LogP contribution is 2.29. The Kier molecular flexibility index (Phi) is 5.03. The van der Waals surface area contributed by atoms with E-state index < -0.39 is 23.8 Å². The number of hydrogen-bond acceptors (Lipinski definition) is 3. The van der Waals surface area contributed by atoms with Crippen LogP contribution in [0.1, 0.15) is 11.1 Å². The number of nitrogens with two attached hydrogens (primary N) is 1. The number of benzene rings is 1. The molecule has 0 fully saturated rings. The molecule has 1 aromatic carbocycles. The molecule has 0 bridgehead atoms. The van der Waals surface area contributed by atoms with E-state index in [-0.39, 0.29) is 5.75 Å². The van der Waals surface area contributed by atoms with Crippen LogP contribution in [0.4, 0.5) is 13.2 Å². The van der Waals surface area contributed by atoms with Crippen molar-refractivity contribution in [2.45, 2.75) is 18.0 Å². The van der Waals surface area contributed by atoms with Crippen molar-refractivity contribution in [1.29, 1.82) is 0 Å². The highest BCUT2D eigenvalue weighted by atomic mass is 32.2. The smallest absolute Gasteiger partial charge is 0.416 e. The average molecular weight is 279 g/mol. The second-order valence-corrected chi connectivity index (χ2v) is 4.68. The molecule has 0 heterocycles. The van der Waals surface area contributed by atoms with Gasteiger partial charge in [0.1, 0.15) is 6.04 Å². The van der Waals surface area contributed by atoms with Crippen molar-refractivity contribution in [2.24, 2.45) is 5.73 Å². The lowest BCUT2D eigenvalue weighted by molar-refractivity contribution is -0.138. The van der Waals surface area contributed by atoms with E-state index in [0.29, 0.717) is 11.3 Å². The number of alkyl halides is 3. The highest BCUT2D eigenvalue weighted by molar-refractivity contribution is 7.98. The Bertz CT molecular complexity index is 406. The minimum Gasteiger partial charge on any atom is -0.480 e. The van der Waals surface area contributed by atoms with Gasteiger partial charge in [0.05, 0.1) is 5.56 Å². The van der Waals surface area contributed by atoms with Gasteiger partial charge in [-0.2, -0.15) is 24.9 Å². The van der Waals surface area contributed by atoms with Crippen LogP contribution < -0.4 is 5.73 Å². The largest absolute Gasteiger partial charge is 0.480 e. The molecule has 0 aromatic heterocycles. The molecule has 1 aromatic rings. The second-order valence-electron chi connectivity index (χ2n) is 3.65. The molecule has 0 saturated carbocycles. The molecule has 0 unspecified atom stereocenters. The van der Waals surface area contributed by atoms with Gasteiger partial charge in [-0.3, -0.25) is 4.79 Å². The van der Waals surface area contributed by atoms with E-state index in [9.17, 15) is 18.0 Å².